The molecule has 1 amide bonds. The lowest BCUT2D eigenvalue weighted by Gasteiger charge is -2.06. The molecule has 7 heteroatoms. The van der Waals surface area contributed by atoms with Crippen molar-refractivity contribution in [2.75, 3.05) is 16.8 Å². The largest absolute Gasteiger partial charge is 0.397 e. The summed E-state index contributed by atoms with van der Waals surface area (Å²) in [5, 5.41) is 9.69. The SMILES string of the molecule is Cc1n[nH]c(C)c1NC(=O)CSc1ccncc1N. The van der Waals surface area contributed by atoms with Gasteiger partial charge in [0, 0.05) is 11.1 Å². The van der Waals surface area contributed by atoms with Crippen molar-refractivity contribution in [2.24, 2.45) is 0 Å². The lowest BCUT2D eigenvalue weighted by molar-refractivity contribution is -0.113. The first kappa shape index (κ1) is 13.4. The first-order chi connectivity index (χ1) is 9.08. The van der Waals surface area contributed by atoms with Crippen LogP contribution in [0, 0.1) is 13.8 Å². The number of carbonyl (C=O) groups is 1. The van der Waals surface area contributed by atoms with Gasteiger partial charge in [-0.1, -0.05) is 0 Å². The highest BCUT2D eigenvalue weighted by atomic mass is 32.2. The van der Waals surface area contributed by atoms with E-state index >= 15 is 0 Å². The number of aromatic nitrogens is 3. The molecule has 0 saturated carbocycles. The van der Waals surface area contributed by atoms with Crippen molar-refractivity contribution >= 4 is 29.0 Å². The highest BCUT2D eigenvalue weighted by Crippen LogP contribution is 2.24. The number of nitrogens with one attached hydrogen (secondary N) is 2. The maximum absolute atomic E-state index is 11.9. The fourth-order valence-electron chi connectivity index (χ4n) is 1.58. The predicted octanol–water partition coefficient (Wildman–Crippen LogP) is 1.73. The van der Waals surface area contributed by atoms with E-state index in [1.807, 2.05) is 13.8 Å². The summed E-state index contributed by atoms with van der Waals surface area (Å²) in [6, 6.07) is 1.79. The molecule has 0 fully saturated rings. The number of nitrogens with two attached hydrogens (primary N) is 1. The Labute approximate surface area is 115 Å². The van der Waals surface area contributed by atoms with Crippen molar-refractivity contribution in [3.63, 3.8) is 0 Å². The number of nitrogen functional groups attached to an aromatic ring is 1. The normalized spacial score (nSPS) is 10.4. The maximum atomic E-state index is 11.9. The number of rotatable bonds is 4. The highest BCUT2D eigenvalue weighted by molar-refractivity contribution is 8.00. The molecule has 0 aliphatic carbocycles. The summed E-state index contributed by atoms with van der Waals surface area (Å²) in [6.45, 7) is 3.71. The summed E-state index contributed by atoms with van der Waals surface area (Å²) in [4.78, 5) is 16.6. The minimum absolute atomic E-state index is 0.0891. The quantitative estimate of drug-likeness (QED) is 0.740. The number of H-pyrrole nitrogens is 1. The second kappa shape index (κ2) is 5.75. The number of carbonyl (C=O) groups excluding carboxylic acids is 1. The Morgan fingerprint density at radius 1 is 1.53 bits per heavy atom. The van der Waals surface area contributed by atoms with Gasteiger partial charge in [-0.3, -0.25) is 14.9 Å². The molecule has 0 aliphatic heterocycles. The molecule has 2 aromatic rings. The molecule has 100 valence electrons. The van der Waals surface area contributed by atoms with Crippen LogP contribution in [0.25, 0.3) is 0 Å². The van der Waals surface area contributed by atoms with Crippen molar-refractivity contribution in [2.45, 2.75) is 18.7 Å². The number of anilines is 2. The lowest BCUT2D eigenvalue weighted by Crippen LogP contribution is -2.15. The van der Waals surface area contributed by atoms with Crippen LogP contribution >= 0.6 is 11.8 Å². The van der Waals surface area contributed by atoms with E-state index in [-0.39, 0.29) is 11.7 Å². The van der Waals surface area contributed by atoms with Gasteiger partial charge in [0.05, 0.1) is 34.7 Å². The number of pyridine rings is 1. The molecule has 2 rings (SSSR count). The van der Waals surface area contributed by atoms with E-state index in [0.29, 0.717) is 5.69 Å². The third kappa shape index (κ3) is 3.25. The summed E-state index contributed by atoms with van der Waals surface area (Å²) < 4.78 is 0. The highest BCUT2D eigenvalue weighted by Gasteiger charge is 2.11. The zero-order valence-corrected chi connectivity index (χ0v) is 11.5. The fraction of sp³-hybridized carbons (Fsp3) is 0.250. The van der Waals surface area contributed by atoms with Gasteiger partial charge in [0.1, 0.15) is 0 Å². The number of nitrogens with zero attached hydrogens (tertiary/aromatic N) is 2. The summed E-state index contributed by atoms with van der Waals surface area (Å²) in [5.41, 5.74) is 8.71. The Kier molecular flexibility index (Phi) is 4.06. The van der Waals surface area contributed by atoms with E-state index in [4.69, 9.17) is 5.73 Å². The van der Waals surface area contributed by atoms with Crippen molar-refractivity contribution in [1.29, 1.82) is 0 Å². The van der Waals surface area contributed by atoms with Crippen LogP contribution in [0.3, 0.4) is 0 Å². The number of aryl methyl sites for hydroxylation is 2. The van der Waals surface area contributed by atoms with Crippen LogP contribution in [-0.4, -0.2) is 26.8 Å². The van der Waals surface area contributed by atoms with E-state index < -0.39 is 0 Å². The number of aromatic amines is 1. The fourth-order valence-corrected chi connectivity index (χ4v) is 2.31. The van der Waals surface area contributed by atoms with Crippen molar-refractivity contribution in [3.8, 4) is 0 Å². The molecule has 0 aromatic carbocycles. The summed E-state index contributed by atoms with van der Waals surface area (Å²) in [6.07, 6.45) is 3.23. The molecular weight excluding hydrogens is 262 g/mol. The standard InChI is InChI=1S/C12H15N5OS/c1-7-12(8(2)17-16-7)15-11(18)6-19-10-3-4-14-5-9(10)13/h3-5H,6,13H2,1-2H3,(H,15,18)(H,16,17). The lowest BCUT2D eigenvalue weighted by atomic mass is 10.3. The zero-order chi connectivity index (χ0) is 13.8. The van der Waals surface area contributed by atoms with Gasteiger partial charge in [-0.05, 0) is 19.9 Å². The molecule has 19 heavy (non-hydrogen) atoms. The van der Waals surface area contributed by atoms with Crippen LogP contribution in [-0.2, 0) is 4.79 Å². The number of amides is 1. The van der Waals surface area contributed by atoms with Crippen molar-refractivity contribution in [3.05, 3.63) is 29.8 Å². The average Bonchev–Trinajstić information content (AvgIpc) is 2.70. The van der Waals surface area contributed by atoms with Gasteiger partial charge in [0.2, 0.25) is 5.91 Å². The Hall–Kier alpha value is -2.02. The molecule has 0 saturated heterocycles. The number of hydrogen-bond donors (Lipinski definition) is 3. The van der Waals surface area contributed by atoms with Gasteiger partial charge < -0.3 is 11.1 Å². The smallest absolute Gasteiger partial charge is 0.234 e. The molecule has 6 nitrogen and oxygen atoms in total. The number of thioether (sulfide) groups is 1. The molecule has 0 atom stereocenters. The summed E-state index contributed by atoms with van der Waals surface area (Å²) in [5.74, 6) is 0.201. The Morgan fingerprint density at radius 3 is 2.95 bits per heavy atom. The molecule has 2 heterocycles. The zero-order valence-electron chi connectivity index (χ0n) is 10.7. The summed E-state index contributed by atoms with van der Waals surface area (Å²) in [7, 11) is 0. The molecule has 4 N–H and O–H groups in total. The van der Waals surface area contributed by atoms with Gasteiger partial charge in [-0.2, -0.15) is 5.10 Å². The average molecular weight is 277 g/mol. The Bertz CT molecular complexity index is 576. The van der Waals surface area contributed by atoms with Crippen LogP contribution in [0.5, 0.6) is 0 Å². The van der Waals surface area contributed by atoms with Crippen LogP contribution in [0.1, 0.15) is 11.4 Å². The second-order valence-corrected chi connectivity index (χ2v) is 5.08. The minimum atomic E-state index is -0.0891. The minimum Gasteiger partial charge on any atom is -0.397 e. The van der Waals surface area contributed by atoms with Gasteiger partial charge >= 0.3 is 0 Å². The molecular formula is C12H15N5OS. The summed E-state index contributed by atoms with van der Waals surface area (Å²) >= 11 is 1.38. The molecule has 0 spiro atoms. The topological polar surface area (TPSA) is 96.7 Å². The molecule has 0 bridgehead atoms. The third-order valence-corrected chi connectivity index (χ3v) is 3.65. The van der Waals surface area contributed by atoms with E-state index in [0.717, 1.165) is 22.0 Å². The molecule has 0 unspecified atom stereocenters. The Balaban J connectivity index is 1.94. The van der Waals surface area contributed by atoms with Crippen molar-refractivity contribution in [1.82, 2.24) is 15.2 Å². The van der Waals surface area contributed by atoms with Crippen LogP contribution < -0.4 is 11.1 Å². The molecule has 2 aromatic heterocycles. The first-order valence-corrected chi connectivity index (χ1v) is 6.70. The van der Waals surface area contributed by atoms with Gasteiger partial charge in [0.25, 0.3) is 0 Å². The van der Waals surface area contributed by atoms with Crippen LogP contribution in [0.4, 0.5) is 11.4 Å². The van der Waals surface area contributed by atoms with E-state index in [1.54, 1.807) is 18.5 Å². The van der Waals surface area contributed by atoms with Crippen molar-refractivity contribution < 1.29 is 4.79 Å². The number of hydrogen-bond acceptors (Lipinski definition) is 5. The van der Waals surface area contributed by atoms with E-state index in [2.05, 4.69) is 20.5 Å². The van der Waals surface area contributed by atoms with Crippen LogP contribution in [0.15, 0.2) is 23.4 Å². The molecule has 0 radical (unpaired) electrons. The molecule has 0 aliphatic rings. The first-order valence-electron chi connectivity index (χ1n) is 5.71. The van der Waals surface area contributed by atoms with Gasteiger partial charge in [-0.25, -0.2) is 0 Å². The monoisotopic (exact) mass is 277 g/mol. The van der Waals surface area contributed by atoms with Crippen LogP contribution in [0.2, 0.25) is 0 Å². The Morgan fingerprint density at radius 2 is 2.32 bits per heavy atom. The maximum Gasteiger partial charge on any atom is 0.234 e. The van der Waals surface area contributed by atoms with Gasteiger partial charge in [0.15, 0.2) is 0 Å². The third-order valence-electron chi connectivity index (χ3n) is 2.56. The van der Waals surface area contributed by atoms with Gasteiger partial charge in [-0.15, -0.1) is 11.8 Å². The predicted molar refractivity (Wildman–Crippen MR) is 76.1 cm³/mol. The second-order valence-electron chi connectivity index (χ2n) is 4.06. The van der Waals surface area contributed by atoms with E-state index in [9.17, 15) is 4.79 Å². The van der Waals surface area contributed by atoms with E-state index in [1.165, 1.54) is 11.8 Å².